The van der Waals surface area contributed by atoms with Gasteiger partial charge in [-0.05, 0) is 12.5 Å². The topological polar surface area (TPSA) is 82.5 Å². The smallest absolute Gasteiger partial charge is 0.182 e. The van der Waals surface area contributed by atoms with Crippen LogP contribution in [0.5, 0.6) is 0 Å². The molecule has 0 saturated heterocycles. The molecule has 0 unspecified atom stereocenters. The zero-order chi connectivity index (χ0) is 13.8. The highest BCUT2D eigenvalue weighted by molar-refractivity contribution is 5.97. The number of rotatable bonds is 3. The minimum absolute atomic E-state index is 0.00241. The number of carbonyl (C=O) groups is 1. The second kappa shape index (κ2) is 5.16. The number of carbonyl (C=O) groups excluding carboxylic acids is 1. The van der Waals surface area contributed by atoms with E-state index in [-0.39, 0.29) is 23.7 Å². The lowest BCUT2D eigenvalue weighted by Gasteiger charge is -2.05. The second-order valence-electron chi connectivity index (χ2n) is 4.03. The van der Waals surface area contributed by atoms with Crippen LogP contribution in [-0.2, 0) is 6.54 Å². The van der Waals surface area contributed by atoms with Crippen LogP contribution in [0.1, 0.15) is 27.3 Å². The number of hydrogen-bond acceptors (Lipinski definition) is 4. The van der Waals surface area contributed by atoms with Gasteiger partial charge in [-0.3, -0.25) is 4.79 Å². The molecule has 19 heavy (non-hydrogen) atoms. The predicted octanol–water partition coefficient (Wildman–Crippen LogP) is 1.82. The Labute approximate surface area is 110 Å². The van der Waals surface area contributed by atoms with Gasteiger partial charge < -0.3 is 4.57 Å². The molecule has 2 rings (SSSR count). The van der Waals surface area contributed by atoms with Crippen molar-refractivity contribution in [3.63, 3.8) is 0 Å². The Kier molecular flexibility index (Phi) is 3.40. The third-order valence-electron chi connectivity index (χ3n) is 2.81. The summed E-state index contributed by atoms with van der Waals surface area (Å²) >= 11 is 0. The number of benzene rings is 1. The molecule has 5 nitrogen and oxygen atoms in total. The van der Waals surface area contributed by atoms with Gasteiger partial charge in [-0.2, -0.15) is 10.5 Å². The van der Waals surface area contributed by atoms with Crippen molar-refractivity contribution in [2.24, 2.45) is 0 Å². The summed E-state index contributed by atoms with van der Waals surface area (Å²) in [5, 5.41) is 17.8. The van der Waals surface area contributed by atoms with Crippen LogP contribution >= 0.6 is 0 Å². The molecular weight excluding hydrogens is 240 g/mol. The molecule has 1 heterocycles. The van der Waals surface area contributed by atoms with E-state index >= 15 is 0 Å². The Bertz CT molecular complexity index is 716. The van der Waals surface area contributed by atoms with Gasteiger partial charge in [-0.1, -0.05) is 24.3 Å². The van der Waals surface area contributed by atoms with Crippen LogP contribution in [0.15, 0.2) is 30.6 Å². The number of Topliss-reactive ketones (excluding diaryl/α,β-unsaturated/α-hetero) is 1. The number of hydrogen-bond donors (Lipinski definition) is 0. The molecule has 0 amide bonds. The Morgan fingerprint density at radius 2 is 2.05 bits per heavy atom. The number of ketones is 1. The molecule has 0 radical (unpaired) electrons. The molecule has 0 aliphatic rings. The standard InChI is InChI=1S/C14H10N4O/c1-10-4-2-3-5-11(10)14(19)8-18-9-17-12(6-15)13(18)7-16/h2-5,9H,8H2,1H3. The average Bonchev–Trinajstić information content (AvgIpc) is 2.81. The van der Waals surface area contributed by atoms with E-state index in [1.165, 1.54) is 10.9 Å². The molecule has 92 valence electrons. The summed E-state index contributed by atoms with van der Waals surface area (Å²) in [4.78, 5) is 16.0. The van der Waals surface area contributed by atoms with E-state index in [2.05, 4.69) is 4.98 Å². The molecule has 0 aliphatic heterocycles. The van der Waals surface area contributed by atoms with Crippen LogP contribution in [0.25, 0.3) is 0 Å². The number of aryl methyl sites for hydroxylation is 1. The lowest BCUT2D eigenvalue weighted by Crippen LogP contribution is -2.12. The van der Waals surface area contributed by atoms with Gasteiger partial charge in [0.25, 0.3) is 0 Å². The SMILES string of the molecule is Cc1ccccc1C(=O)Cn1cnc(C#N)c1C#N. The number of imidazole rings is 1. The molecule has 0 fully saturated rings. The summed E-state index contributed by atoms with van der Waals surface area (Å²) in [6.45, 7) is 1.86. The Hall–Kier alpha value is -2.92. The fourth-order valence-corrected chi connectivity index (χ4v) is 1.83. The van der Waals surface area contributed by atoms with E-state index in [0.29, 0.717) is 5.56 Å². The molecule has 5 heteroatoms. The summed E-state index contributed by atoms with van der Waals surface area (Å²) in [7, 11) is 0. The van der Waals surface area contributed by atoms with Gasteiger partial charge in [0.05, 0.1) is 12.9 Å². The minimum atomic E-state index is -0.114. The average molecular weight is 250 g/mol. The second-order valence-corrected chi connectivity index (χ2v) is 4.03. The largest absolute Gasteiger partial charge is 0.313 e. The Morgan fingerprint density at radius 3 is 2.68 bits per heavy atom. The van der Waals surface area contributed by atoms with E-state index in [4.69, 9.17) is 10.5 Å². The van der Waals surface area contributed by atoms with E-state index in [1.54, 1.807) is 12.1 Å². The van der Waals surface area contributed by atoms with Crippen LogP contribution in [0.3, 0.4) is 0 Å². The maximum atomic E-state index is 12.2. The number of nitriles is 2. The lowest BCUT2D eigenvalue weighted by molar-refractivity contribution is 0.0971. The van der Waals surface area contributed by atoms with Crippen molar-refractivity contribution in [3.8, 4) is 12.1 Å². The first-order chi connectivity index (χ1) is 9.17. The summed E-state index contributed by atoms with van der Waals surface area (Å²) in [5.74, 6) is -0.114. The van der Waals surface area contributed by atoms with Crippen LogP contribution in [0.2, 0.25) is 0 Å². The molecule has 0 bridgehead atoms. The van der Waals surface area contributed by atoms with Gasteiger partial charge in [0.1, 0.15) is 12.1 Å². The molecule has 1 aromatic heterocycles. The maximum Gasteiger partial charge on any atom is 0.182 e. The van der Waals surface area contributed by atoms with E-state index < -0.39 is 0 Å². The third-order valence-corrected chi connectivity index (χ3v) is 2.81. The van der Waals surface area contributed by atoms with Gasteiger partial charge in [0.15, 0.2) is 17.2 Å². The van der Waals surface area contributed by atoms with Gasteiger partial charge >= 0.3 is 0 Å². The molecule has 0 saturated carbocycles. The van der Waals surface area contributed by atoms with Crippen LogP contribution in [-0.4, -0.2) is 15.3 Å². The van der Waals surface area contributed by atoms with Crippen molar-refractivity contribution in [2.75, 3.05) is 0 Å². The first kappa shape index (κ1) is 12.5. The monoisotopic (exact) mass is 250 g/mol. The van der Waals surface area contributed by atoms with E-state index in [9.17, 15) is 4.79 Å². The van der Waals surface area contributed by atoms with Crippen LogP contribution in [0, 0.1) is 29.6 Å². The fourth-order valence-electron chi connectivity index (χ4n) is 1.83. The Balaban J connectivity index is 2.31. The quantitative estimate of drug-likeness (QED) is 0.778. The highest BCUT2D eigenvalue weighted by Crippen LogP contribution is 2.11. The molecule has 1 aromatic carbocycles. The number of nitrogens with zero attached hydrogens (tertiary/aromatic N) is 4. The first-order valence-electron chi connectivity index (χ1n) is 5.61. The fraction of sp³-hybridized carbons (Fsp3) is 0.143. The van der Waals surface area contributed by atoms with Gasteiger partial charge in [0.2, 0.25) is 0 Å². The van der Waals surface area contributed by atoms with Crippen molar-refractivity contribution in [1.29, 1.82) is 10.5 Å². The zero-order valence-electron chi connectivity index (χ0n) is 10.3. The van der Waals surface area contributed by atoms with Crippen LogP contribution in [0.4, 0.5) is 0 Å². The minimum Gasteiger partial charge on any atom is -0.313 e. The third kappa shape index (κ3) is 2.36. The summed E-state index contributed by atoms with van der Waals surface area (Å²) in [5.41, 5.74) is 1.65. The first-order valence-corrected chi connectivity index (χ1v) is 5.61. The van der Waals surface area contributed by atoms with Gasteiger partial charge in [-0.25, -0.2) is 4.98 Å². The van der Waals surface area contributed by atoms with Crippen molar-refractivity contribution in [1.82, 2.24) is 9.55 Å². The normalized spacial score (nSPS) is 9.63. The molecule has 2 aromatic rings. The van der Waals surface area contributed by atoms with E-state index in [1.807, 2.05) is 31.2 Å². The molecule has 0 atom stereocenters. The van der Waals surface area contributed by atoms with Crippen molar-refractivity contribution >= 4 is 5.78 Å². The van der Waals surface area contributed by atoms with Gasteiger partial charge in [0, 0.05) is 5.56 Å². The van der Waals surface area contributed by atoms with E-state index in [0.717, 1.165) is 5.56 Å². The molecule has 0 spiro atoms. The van der Waals surface area contributed by atoms with Crippen molar-refractivity contribution < 1.29 is 4.79 Å². The van der Waals surface area contributed by atoms with Crippen molar-refractivity contribution in [3.05, 3.63) is 53.1 Å². The van der Waals surface area contributed by atoms with Crippen molar-refractivity contribution in [2.45, 2.75) is 13.5 Å². The zero-order valence-corrected chi connectivity index (χ0v) is 10.3. The maximum absolute atomic E-state index is 12.2. The summed E-state index contributed by atoms with van der Waals surface area (Å²) < 4.78 is 1.40. The highest BCUT2D eigenvalue weighted by atomic mass is 16.1. The predicted molar refractivity (Wildman–Crippen MR) is 67.2 cm³/mol. The van der Waals surface area contributed by atoms with Crippen LogP contribution < -0.4 is 0 Å². The molecule has 0 N–H and O–H groups in total. The lowest BCUT2D eigenvalue weighted by atomic mass is 10.0. The highest BCUT2D eigenvalue weighted by Gasteiger charge is 2.14. The molecule has 0 aliphatic carbocycles. The summed E-state index contributed by atoms with van der Waals surface area (Å²) in [6.07, 6.45) is 1.34. The molecular formula is C14H10N4O. The van der Waals surface area contributed by atoms with Gasteiger partial charge in [-0.15, -0.1) is 0 Å². The number of aromatic nitrogens is 2. The Morgan fingerprint density at radius 1 is 1.32 bits per heavy atom. The summed E-state index contributed by atoms with van der Waals surface area (Å²) in [6, 6.07) is 11.0.